The Labute approximate surface area is 155 Å². The molecule has 2 rings (SSSR count). The van der Waals surface area contributed by atoms with Gasteiger partial charge >= 0.3 is 12.5 Å². The lowest BCUT2D eigenvalue weighted by atomic mass is 10.1. The van der Waals surface area contributed by atoms with Crippen molar-refractivity contribution in [3.8, 4) is 5.75 Å². The molecule has 27 heavy (non-hydrogen) atoms. The van der Waals surface area contributed by atoms with Gasteiger partial charge in [-0.3, -0.25) is 4.79 Å². The Bertz CT molecular complexity index is 683. The summed E-state index contributed by atoms with van der Waals surface area (Å²) in [7, 11) is 0. The van der Waals surface area contributed by atoms with Crippen LogP contribution in [0.25, 0.3) is 0 Å². The van der Waals surface area contributed by atoms with Crippen molar-refractivity contribution in [3.63, 3.8) is 0 Å². The molecule has 1 heterocycles. The summed E-state index contributed by atoms with van der Waals surface area (Å²) in [4.78, 5) is 27.9. The highest BCUT2D eigenvalue weighted by molar-refractivity contribution is 5.94. The van der Waals surface area contributed by atoms with E-state index in [-0.39, 0.29) is 23.3 Å². The number of ether oxygens (including phenoxy) is 2. The zero-order valence-electron chi connectivity index (χ0n) is 15.7. The summed E-state index contributed by atoms with van der Waals surface area (Å²) in [5, 5.41) is 0. The van der Waals surface area contributed by atoms with E-state index in [0.29, 0.717) is 19.6 Å². The van der Waals surface area contributed by atoms with Gasteiger partial charge in [0.15, 0.2) is 0 Å². The molecule has 1 aliphatic heterocycles. The van der Waals surface area contributed by atoms with Crippen molar-refractivity contribution in [2.24, 2.45) is 0 Å². The highest BCUT2D eigenvalue weighted by Gasteiger charge is 2.33. The Balaban J connectivity index is 1.99. The Morgan fingerprint density at radius 3 is 2.15 bits per heavy atom. The van der Waals surface area contributed by atoms with Crippen LogP contribution in [-0.4, -0.2) is 59.4 Å². The van der Waals surface area contributed by atoms with Gasteiger partial charge in [0.2, 0.25) is 0 Å². The Hall–Kier alpha value is -2.45. The van der Waals surface area contributed by atoms with Gasteiger partial charge in [0.05, 0.1) is 0 Å². The highest BCUT2D eigenvalue weighted by Crippen LogP contribution is 2.24. The number of hydrogen-bond donors (Lipinski definition) is 0. The molecule has 2 amide bonds. The number of hydrogen-bond acceptors (Lipinski definition) is 4. The molecule has 9 heteroatoms. The second-order valence-corrected chi connectivity index (χ2v) is 7.35. The summed E-state index contributed by atoms with van der Waals surface area (Å²) < 4.78 is 45.8. The molecule has 0 N–H and O–H groups in total. The van der Waals surface area contributed by atoms with Gasteiger partial charge in [-0.1, -0.05) is 0 Å². The lowest BCUT2D eigenvalue weighted by Crippen LogP contribution is -2.56. The van der Waals surface area contributed by atoms with Crippen LogP contribution in [0.2, 0.25) is 0 Å². The monoisotopic (exact) mass is 388 g/mol. The maximum Gasteiger partial charge on any atom is 0.573 e. The predicted octanol–water partition coefficient (Wildman–Crippen LogP) is 3.67. The van der Waals surface area contributed by atoms with Crippen molar-refractivity contribution in [1.82, 2.24) is 9.80 Å². The van der Waals surface area contributed by atoms with Crippen LogP contribution in [-0.2, 0) is 4.74 Å². The zero-order valence-corrected chi connectivity index (χ0v) is 15.7. The minimum absolute atomic E-state index is 0.252. The second-order valence-electron chi connectivity index (χ2n) is 7.35. The number of alkyl halides is 3. The molecule has 0 bridgehead atoms. The third-order valence-electron chi connectivity index (χ3n) is 3.87. The minimum Gasteiger partial charge on any atom is -0.444 e. The van der Waals surface area contributed by atoms with Crippen LogP contribution >= 0.6 is 0 Å². The normalized spacial score (nSPS) is 18.3. The van der Waals surface area contributed by atoms with E-state index in [2.05, 4.69) is 4.74 Å². The van der Waals surface area contributed by atoms with Gasteiger partial charge in [-0.15, -0.1) is 13.2 Å². The number of amides is 2. The number of rotatable bonds is 2. The molecule has 6 nitrogen and oxygen atoms in total. The van der Waals surface area contributed by atoms with Gasteiger partial charge in [-0.05, 0) is 52.0 Å². The largest absolute Gasteiger partial charge is 0.573 e. The second kappa shape index (κ2) is 7.66. The van der Waals surface area contributed by atoms with Gasteiger partial charge < -0.3 is 19.3 Å². The molecule has 1 aromatic rings. The third-order valence-corrected chi connectivity index (χ3v) is 3.87. The van der Waals surface area contributed by atoms with Crippen LogP contribution < -0.4 is 4.74 Å². The highest BCUT2D eigenvalue weighted by atomic mass is 19.4. The lowest BCUT2D eigenvalue weighted by Gasteiger charge is -2.40. The molecule has 0 saturated carbocycles. The Kier molecular flexibility index (Phi) is 5.91. The molecule has 1 saturated heterocycles. The fraction of sp³-hybridized carbons (Fsp3) is 0.556. The van der Waals surface area contributed by atoms with Crippen molar-refractivity contribution < 1.29 is 32.2 Å². The first-order chi connectivity index (χ1) is 12.4. The maximum absolute atomic E-state index is 12.6. The molecular weight excluding hydrogens is 365 g/mol. The van der Waals surface area contributed by atoms with Crippen molar-refractivity contribution in [2.75, 3.05) is 19.6 Å². The summed E-state index contributed by atoms with van der Waals surface area (Å²) in [6, 6.07) is 4.52. The third kappa shape index (κ3) is 6.04. The molecule has 1 atom stereocenters. The van der Waals surface area contributed by atoms with Crippen molar-refractivity contribution in [1.29, 1.82) is 0 Å². The first kappa shape index (κ1) is 20.9. The fourth-order valence-electron chi connectivity index (χ4n) is 2.72. The number of carbonyl (C=O) groups is 2. The predicted molar refractivity (Wildman–Crippen MR) is 91.4 cm³/mol. The van der Waals surface area contributed by atoms with Crippen molar-refractivity contribution >= 4 is 12.0 Å². The fourth-order valence-corrected chi connectivity index (χ4v) is 2.72. The summed E-state index contributed by atoms with van der Waals surface area (Å²) in [6.45, 7) is 8.08. The number of benzene rings is 1. The van der Waals surface area contributed by atoms with Gasteiger partial charge in [-0.2, -0.15) is 0 Å². The standard InChI is InChI=1S/C18H23F3N2O4/c1-12-11-22(16(25)27-17(2,3)4)9-10-23(12)15(24)13-5-7-14(8-6-13)26-18(19,20)21/h5-8,12H,9-11H2,1-4H3/t12-/m0/s1. The number of halogens is 3. The molecule has 0 unspecified atom stereocenters. The topological polar surface area (TPSA) is 59.1 Å². The molecule has 1 aromatic carbocycles. The van der Waals surface area contributed by atoms with Crippen LogP contribution in [0.4, 0.5) is 18.0 Å². The minimum atomic E-state index is -4.78. The van der Waals surface area contributed by atoms with E-state index in [0.717, 1.165) is 12.1 Å². The zero-order chi connectivity index (χ0) is 20.4. The summed E-state index contributed by atoms with van der Waals surface area (Å²) >= 11 is 0. The van der Waals surface area contributed by atoms with Crippen molar-refractivity contribution in [3.05, 3.63) is 29.8 Å². The first-order valence-electron chi connectivity index (χ1n) is 8.50. The molecule has 0 aliphatic carbocycles. The van der Waals surface area contributed by atoms with E-state index in [1.807, 2.05) is 0 Å². The van der Waals surface area contributed by atoms with E-state index in [4.69, 9.17) is 4.74 Å². The van der Waals surface area contributed by atoms with E-state index in [9.17, 15) is 22.8 Å². The van der Waals surface area contributed by atoms with Crippen LogP contribution in [0.5, 0.6) is 5.75 Å². The van der Waals surface area contributed by atoms with E-state index in [1.54, 1.807) is 37.5 Å². The first-order valence-corrected chi connectivity index (χ1v) is 8.50. The van der Waals surface area contributed by atoms with Gasteiger partial charge in [0.1, 0.15) is 11.4 Å². The Morgan fingerprint density at radius 1 is 1.07 bits per heavy atom. The van der Waals surface area contributed by atoms with Gasteiger partial charge in [0, 0.05) is 31.2 Å². The van der Waals surface area contributed by atoms with Crippen LogP contribution in [0, 0.1) is 0 Å². The van der Waals surface area contributed by atoms with Gasteiger partial charge in [-0.25, -0.2) is 4.79 Å². The summed E-state index contributed by atoms with van der Waals surface area (Å²) in [5.74, 6) is -0.702. The average Bonchev–Trinajstić information content (AvgIpc) is 2.51. The average molecular weight is 388 g/mol. The van der Waals surface area contributed by atoms with Gasteiger partial charge in [0.25, 0.3) is 5.91 Å². The Morgan fingerprint density at radius 2 is 1.67 bits per heavy atom. The number of piperazine rings is 1. The molecular formula is C18H23F3N2O4. The van der Waals surface area contributed by atoms with E-state index in [1.165, 1.54) is 12.1 Å². The lowest BCUT2D eigenvalue weighted by molar-refractivity contribution is -0.274. The van der Waals surface area contributed by atoms with Crippen LogP contribution in [0.15, 0.2) is 24.3 Å². The maximum atomic E-state index is 12.6. The number of nitrogens with zero attached hydrogens (tertiary/aromatic N) is 2. The smallest absolute Gasteiger partial charge is 0.444 e. The molecule has 0 radical (unpaired) electrons. The molecule has 1 fully saturated rings. The SMILES string of the molecule is C[C@H]1CN(C(=O)OC(C)(C)C)CCN1C(=O)c1ccc(OC(F)(F)F)cc1. The molecule has 150 valence electrons. The quantitative estimate of drug-likeness (QED) is 0.776. The molecule has 0 aromatic heterocycles. The van der Waals surface area contributed by atoms with Crippen molar-refractivity contribution in [2.45, 2.75) is 45.7 Å². The summed E-state index contributed by atoms with van der Waals surface area (Å²) in [5.41, 5.74) is -0.352. The molecule has 0 spiro atoms. The van der Waals surface area contributed by atoms with E-state index < -0.39 is 18.1 Å². The molecule has 1 aliphatic rings. The number of carbonyl (C=O) groups excluding carboxylic acids is 2. The van der Waals surface area contributed by atoms with E-state index >= 15 is 0 Å². The summed E-state index contributed by atoms with van der Waals surface area (Å²) in [6.07, 6.45) is -5.21. The van der Waals surface area contributed by atoms with Crippen LogP contribution in [0.1, 0.15) is 38.1 Å². The van der Waals surface area contributed by atoms with Crippen LogP contribution in [0.3, 0.4) is 0 Å².